The van der Waals surface area contributed by atoms with Gasteiger partial charge in [0.2, 0.25) is 0 Å². The predicted octanol–water partition coefficient (Wildman–Crippen LogP) is 4.86. The maximum absolute atomic E-state index is 13.5. The van der Waals surface area contributed by atoms with E-state index in [1.54, 1.807) is 17.0 Å². The molecule has 0 radical (unpaired) electrons. The van der Waals surface area contributed by atoms with Crippen molar-refractivity contribution in [3.05, 3.63) is 94.5 Å². The standard InChI is InChI=1S/C24H22N2O3/c1-15-7-6-8-16(2)21(15)26-22(17-11-13-18(14-12-17)24(28)29-3)25-20-10-5-4-9-19(20)23(26)27/h4-14,22,25H,1-3H3/t22-/m0/s1. The van der Waals surface area contributed by atoms with Crippen molar-refractivity contribution in [2.45, 2.75) is 20.0 Å². The van der Waals surface area contributed by atoms with Crippen LogP contribution in [0.1, 0.15) is 43.6 Å². The molecule has 0 unspecified atom stereocenters. The van der Waals surface area contributed by atoms with E-state index in [0.29, 0.717) is 11.1 Å². The highest BCUT2D eigenvalue weighted by molar-refractivity contribution is 6.12. The summed E-state index contributed by atoms with van der Waals surface area (Å²) in [5, 5.41) is 3.50. The van der Waals surface area contributed by atoms with E-state index in [2.05, 4.69) is 5.32 Å². The van der Waals surface area contributed by atoms with Crippen molar-refractivity contribution in [2.75, 3.05) is 17.3 Å². The lowest BCUT2D eigenvalue weighted by Crippen LogP contribution is -2.43. The quantitative estimate of drug-likeness (QED) is 0.653. The summed E-state index contributed by atoms with van der Waals surface area (Å²) < 4.78 is 4.79. The van der Waals surface area contributed by atoms with E-state index in [-0.39, 0.29) is 11.9 Å². The number of amides is 1. The van der Waals surface area contributed by atoms with E-state index in [1.165, 1.54) is 7.11 Å². The van der Waals surface area contributed by atoms with Crippen LogP contribution in [0.15, 0.2) is 66.7 Å². The van der Waals surface area contributed by atoms with Crippen LogP contribution in [-0.2, 0) is 4.74 Å². The molecule has 1 aliphatic rings. The van der Waals surface area contributed by atoms with Crippen LogP contribution in [0.4, 0.5) is 11.4 Å². The molecular weight excluding hydrogens is 364 g/mol. The van der Waals surface area contributed by atoms with Gasteiger partial charge in [0.05, 0.1) is 23.9 Å². The van der Waals surface area contributed by atoms with Crippen LogP contribution in [0.25, 0.3) is 0 Å². The largest absolute Gasteiger partial charge is 0.465 e. The van der Waals surface area contributed by atoms with Gasteiger partial charge < -0.3 is 10.1 Å². The van der Waals surface area contributed by atoms with Gasteiger partial charge in [-0.3, -0.25) is 9.69 Å². The Hall–Kier alpha value is -3.60. The van der Waals surface area contributed by atoms with Crippen molar-refractivity contribution in [3.63, 3.8) is 0 Å². The van der Waals surface area contributed by atoms with Crippen LogP contribution in [0.2, 0.25) is 0 Å². The Morgan fingerprint density at radius 3 is 2.24 bits per heavy atom. The highest BCUT2D eigenvalue weighted by Gasteiger charge is 2.35. The van der Waals surface area contributed by atoms with Crippen LogP contribution >= 0.6 is 0 Å². The van der Waals surface area contributed by atoms with Gasteiger partial charge in [-0.15, -0.1) is 0 Å². The van der Waals surface area contributed by atoms with Gasteiger partial charge >= 0.3 is 5.97 Å². The molecule has 1 aliphatic heterocycles. The van der Waals surface area contributed by atoms with Gasteiger partial charge in [0.1, 0.15) is 6.17 Å². The Kier molecular flexibility index (Phi) is 4.80. The number of nitrogens with one attached hydrogen (secondary N) is 1. The zero-order valence-electron chi connectivity index (χ0n) is 16.6. The number of nitrogens with zero attached hydrogens (tertiary/aromatic N) is 1. The van der Waals surface area contributed by atoms with Gasteiger partial charge in [0, 0.05) is 5.69 Å². The van der Waals surface area contributed by atoms with Crippen LogP contribution in [-0.4, -0.2) is 19.0 Å². The smallest absolute Gasteiger partial charge is 0.337 e. The molecule has 3 aromatic carbocycles. The molecule has 0 bridgehead atoms. The van der Waals surface area contributed by atoms with Gasteiger partial charge in [-0.05, 0) is 54.8 Å². The topological polar surface area (TPSA) is 58.6 Å². The summed E-state index contributed by atoms with van der Waals surface area (Å²) in [7, 11) is 1.36. The fourth-order valence-electron chi connectivity index (χ4n) is 3.82. The zero-order valence-corrected chi connectivity index (χ0v) is 16.6. The minimum Gasteiger partial charge on any atom is -0.465 e. The van der Waals surface area contributed by atoms with Crippen molar-refractivity contribution in [2.24, 2.45) is 0 Å². The number of benzene rings is 3. The second-order valence-corrected chi connectivity index (χ2v) is 7.12. The van der Waals surface area contributed by atoms with Crippen molar-refractivity contribution in [1.82, 2.24) is 0 Å². The Morgan fingerprint density at radius 1 is 0.931 bits per heavy atom. The number of anilines is 2. The number of carbonyl (C=O) groups excluding carboxylic acids is 2. The second-order valence-electron chi connectivity index (χ2n) is 7.12. The number of hydrogen-bond acceptors (Lipinski definition) is 4. The second kappa shape index (κ2) is 7.43. The third-order valence-corrected chi connectivity index (χ3v) is 5.25. The molecule has 4 rings (SSSR count). The summed E-state index contributed by atoms with van der Waals surface area (Å²) in [6.07, 6.45) is -0.399. The molecule has 0 saturated heterocycles. The normalized spacial score (nSPS) is 15.5. The lowest BCUT2D eigenvalue weighted by atomic mass is 9.99. The summed E-state index contributed by atoms with van der Waals surface area (Å²) in [5.41, 5.74) is 5.72. The SMILES string of the molecule is COC(=O)c1ccc([C@H]2Nc3ccccc3C(=O)N2c2c(C)cccc2C)cc1. The summed E-state index contributed by atoms with van der Waals surface area (Å²) in [5.74, 6) is -0.444. The monoisotopic (exact) mass is 386 g/mol. The van der Waals surface area contributed by atoms with Crippen molar-refractivity contribution in [1.29, 1.82) is 0 Å². The van der Waals surface area contributed by atoms with Crippen molar-refractivity contribution >= 4 is 23.3 Å². The van der Waals surface area contributed by atoms with E-state index in [4.69, 9.17) is 4.74 Å². The number of hydrogen-bond donors (Lipinski definition) is 1. The molecule has 0 saturated carbocycles. The molecule has 0 aromatic heterocycles. The molecule has 0 fully saturated rings. The maximum atomic E-state index is 13.5. The molecule has 0 spiro atoms. The van der Waals surface area contributed by atoms with Crippen LogP contribution in [0.3, 0.4) is 0 Å². The summed E-state index contributed by atoms with van der Waals surface area (Å²) >= 11 is 0. The van der Waals surface area contributed by atoms with E-state index in [9.17, 15) is 9.59 Å². The van der Waals surface area contributed by atoms with Gasteiger partial charge in [0.25, 0.3) is 5.91 Å². The van der Waals surface area contributed by atoms with E-state index in [0.717, 1.165) is 28.1 Å². The first-order valence-corrected chi connectivity index (χ1v) is 9.45. The van der Waals surface area contributed by atoms with Gasteiger partial charge in [-0.25, -0.2) is 4.79 Å². The van der Waals surface area contributed by atoms with Gasteiger partial charge in [-0.1, -0.05) is 42.5 Å². The fourth-order valence-corrected chi connectivity index (χ4v) is 3.82. The molecular formula is C24H22N2O3. The first kappa shape index (κ1) is 18.7. The number of esters is 1. The summed E-state index contributed by atoms with van der Waals surface area (Å²) in [4.78, 5) is 27.1. The number of methoxy groups -OCH3 is 1. The number of rotatable bonds is 3. The first-order valence-electron chi connectivity index (χ1n) is 9.45. The predicted molar refractivity (Wildman–Crippen MR) is 113 cm³/mol. The van der Waals surface area contributed by atoms with E-state index < -0.39 is 6.17 Å². The zero-order chi connectivity index (χ0) is 20.5. The molecule has 3 aromatic rings. The Balaban J connectivity index is 1.85. The third kappa shape index (κ3) is 3.25. The average molecular weight is 386 g/mol. The summed E-state index contributed by atoms with van der Waals surface area (Å²) in [6, 6.07) is 20.7. The molecule has 0 aliphatic carbocycles. The summed E-state index contributed by atoms with van der Waals surface area (Å²) in [6.45, 7) is 4.01. The lowest BCUT2D eigenvalue weighted by molar-refractivity contribution is 0.0600. The van der Waals surface area contributed by atoms with Crippen molar-refractivity contribution in [3.8, 4) is 0 Å². The number of ether oxygens (including phenoxy) is 1. The Bertz CT molecular complexity index is 1070. The molecule has 5 nitrogen and oxygen atoms in total. The highest BCUT2D eigenvalue weighted by atomic mass is 16.5. The van der Waals surface area contributed by atoms with Gasteiger partial charge in [0.15, 0.2) is 0 Å². The van der Waals surface area contributed by atoms with Crippen LogP contribution in [0.5, 0.6) is 0 Å². The molecule has 1 N–H and O–H groups in total. The minimum atomic E-state index is -0.399. The van der Waals surface area contributed by atoms with Gasteiger partial charge in [-0.2, -0.15) is 0 Å². The number of carbonyl (C=O) groups is 2. The molecule has 1 atom stereocenters. The Morgan fingerprint density at radius 2 is 1.59 bits per heavy atom. The van der Waals surface area contributed by atoms with E-state index >= 15 is 0 Å². The number of para-hydroxylation sites is 2. The lowest BCUT2D eigenvalue weighted by Gasteiger charge is -2.39. The minimum absolute atomic E-state index is 0.0567. The van der Waals surface area contributed by atoms with E-state index in [1.807, 2.05) is 68.4 Å². The highest BCUT2D eigenvalue weighted by Crippen LogP contribution is 2.39. The van der Waals surface area contributed by atoms with Crippen LogP contribution in [0, 0.1) is 13.8 Å². The number of fused-ring (bicyclic) bond motifs is 1. The molecule has 5 heteroatoms. The maximum Gasteiger partial charge on any atom is 0.337 e. The fraction of sp³-hybridized carbons (Fsp3) is 0.167. The van der Waals surface area contributed by atoms with Crippen molar-refractivity contribution < 1.29 is 14.3 Å². The molecule has 29 heavy (non-hydrogen) atoms. The molecule has 1 heterocycles. The molecule has 1 amide bonds. The first-order chi connectivity index (χ1) is 14.0. The number of aryl methyl sites for hydroxylation is 2. The average Bonchev–Trinajstić information content (AvgIpc) is 2.74. The Labute approximate surface area is 169 Å². The third-order valence-electron chi connectivity index (χ3n) is 5.25. The molecule has 146 valence electrons. The van der Waals surface area contributed by atoms with Crippen LogP contribution < -0.4 is 10.2 Å².